The molecule has 0 N–H and O–H groups in total. The van der Waals surface area contributed by atoms with Crippen molar-refractivity contribution in [3.63, 3.8) is 0 Å². The maximum atomic E-state index is 7.92. The Morgan fingerprint density at radius 2 is 0.825 bits per heavy atom. The van der Waals surface area contributed by atoms with Crippen LogP contribution >= 0.6 is 0 Å². The van der Waals surface area contributed by atoms with Gasteiger partial charge in [0.25, 0.3) is 0 Å². The third-order valence-corrected chi connectivity index (χ3v) is 12.6. The van der Waals surface area contributed by atoms with Crippen LogP contribution in [0.15, 0.2) is 146 Å². The van der Waals surface area contributed by atoms with Gasteiger partial charge in [0.05, 0.1) is 12.2 Å². The van der Waals surface area contributed by atoms with E-state index in [-0.39, 0.29) is 23.0 Å². The van der Waals surface area contributed by atoms with E-state index in [0.717, 1.165) is 61.5 Å². The van der Waals surface area contributed by atoms with Gasteiger partial charge in [-0.05, 0) is 145 Å². The summed E-state index contributed by atoms with van der Waals surface area (Å²) in [5, 5.41) is 0. The summed E-state index contributed by atoms with van der Waals surface area (Å²) in [5.74, 6) is 3.32. The van der Waals surface area contributed by atoms with Gasteiger partial charge < -0.3 is 14.2 Å². The molecule has 0 heterocycles. The smallest absolute Gasteiger partial charge is 0.127 e. The van der Waals surface area contributed by atoms with Gasteiger partial charge in [-0.15, -0.1) is 0 Å². The summed E-state index contributed by atoms with van der Waals surface area (Å²) in [6, 6.07) is 51.4. The molecule has 0 radical (unpaired) electrons. The molecule has 0 aliphatic carbocycles. The second kappa shape index (κ2) is 18.9. The summed E-state index contributed by atoms with van der Waals surface area (Å²) in [4.78, 5) is 0. The van der Waals surface area contributed by atoms with E-state index >= 15 is 0 Å². The predicted molar refractivity (Wildman–Crippen MR) is 238 cm³/mol. The molecule has 0 aromatic heterocycles. The first-order chi connectivity index (χ1) is 27.6. The van der Waals surface area contributed by atoms with Crippen molar-refractivity contribution in [3.8, 4) is 23.0 Å². The monoisotopic (exact) mass is 758 g/mol. The van der Waals surface area contributed by atoms with E-state index in [1.54, 1.807) is 0 Å². The molecule has 6 rings (SSSR count). The Kier molecular flexibility index (Phi) is 13.8. The minimum absolute atomic E-state index is 0.155. The topological polar surface area (TPSA) is 27.7 Å². The summed E-state index contributed by atoms with van der Waals surface area (Å²) < 4.78 is 20.6. The van der Waals surface area contributed by atoms with Crippen LogP contribution in [-0.2, 0) is 41.3 Å². The molecule has 0 aliphatic rings. The lowest BCUT2D eigenvalue weighted by atomic mass is 9.70. The summed E-state index contributed by atoms with van der Waals surface area (Å²) in [7, 11) is 0. The van der Waals surface area contributed by atoms with E-state index in [0.29, 0.717) is 0 Å². The molecular formula is C54H62O3. The van der Waals surface area contributed by atoms with Gasteiger partial charge in [-0.2, -0.15) is 0 Å². The Balaban J connectivity index is 1.46. The summed E-state index contributed by atoms with van der Waals surface area (Å²) in [6.07, 6.45) is 4.98. The van der Waals surface area contributed by atoms with E-state index in [9.17, 15) is 0 Å². The summed E-state index contributed by atoms with van der Waals surface area (Å²) in [6.45, 7) is 18.4. The highest BCUT2D eigenvalue weighted by molar-refractivity contribution is 5.41. The van der Waals surface area contributed by atoms with E-state index in [1.807, 2.05) is 72.8 Å². The van der Waals surface area contributed by atoms with Gasteiger partial charge in [0.2, 0.25) is 0 Å². The van der Waals surface area contributed by atoms with Crippen LogP contribution in [-0.4, -0.2) is 12.2 Å². The molecule has 6 aromatic carbocycles. The Labute approximate surface area is 343 Å². The molecule has 0 saturated carbocycles. The Morgan fingerprint density at radius 3 is 1.19 bits per heavy atom. The fourth-order valence-electron chi connectivity index (χ4n) is 8.25. The number of rotatable bonds is 18. The molecule has 0 amide bonds. The highest BCUT2D eigenvalue weighted by Gasteiger charge is 2.43. The number of aryl methyl sites for hydroxylation is 4. The van der Waals surface area contributed by atoms with Crippen LogP contribution in [0.25, 0.3) is 0 Å². The molecule has 0 spiro atoms. The van der Waals surface area contributed by atoms with Crippen LogP contribution in [0.5, 0.6) is 23.0 Å². The average molecular weight is 759 g/mol. The van der Waals surface area contributed by atoms with E-state index < -0.39 is 0 Å². The third-order valence-electron chi connectivity index (χ3n) is 12.6. The maximum absolute atomic E-state index is 7.92. The zero-order chi connectivity index (χ0) is 40.4. The Hall–Kier alpha value is -5.12. The van der Waals surface area contributed by atoms with Crippen molar-refractivity contribution in [1.82, 2.24) is 0 Å². The van der Waals surface area contributed by atoms with Crippen LogP contribution in [0.1, 0.15) is 98.9 Å². The molecule has 0 bridgehead atoms. The van der Waals surface area contributed by atoms with Gasteiger partial charge in [-0.3, -0.25) is 0 Å². The zero-order valence-corrected chi connectivity index (χ0v) is 35.5. The predicted octanol–water partition coefficient (Wildman–Crippen LogP) is 14.3. The van der Waals surface area contributed by atoms with E-state index in [2.05, 4.69) is 128 Å². The molecule has 4 unspecified atom stereocenters. The van der Waals surface area contributed by atoms with Gasteiger partial charge in [-0.25, -0.2) is 0 Å². The van der Waals surface area contributed by atoms with Crippen molar-refractivity contribution in [3.05, 3.63) is 190 Å². The lowest BCUT2D eigenvalue weighted by molar-refractivity contribution is -0.0840. The second-order valence-corrected chi connectivity index (χ2v) is 16.2. The standard InChI is InChI=1S/C54H62O3/c1-9-43-37-45(31-29-39(43)5)53(7,11-3)51(35-41-21-19-27-49(33-41)55-47-23-15-13-16-24-47)57-52(54(8,12-4)46-32-30-40(6)44(10-2)38-46)36-42-22-20-28-50(34-42)56-48-25-17-14-18-26-48/h13-34,37-38,51-52H,9-12,35-36H2,1-8H3. The van der Waals surface area contributed by atoms with Crippen LogP contribution in [0.2, 0.25) is 0 Å². The number of para-hydroxylation sites is 2. The first-order valence-electron chi connectivity index (χ1n) is 21.1. The van der Waals surface area contributed by atoms with Gasteiger partial charge in [-0.1, -0.05) is 139 Å². The normalized spacial score (nSPS) is 14.6. The SMILES string of the molecule is CCc1cc(C(C)(CC)C(Cc2cccc(Oc3ccccc3)c2)OC(Cc2cccc(Oc3ccccc3)c2)C(C)(CC)c2ccc(C)c(CC)c2)ccc1C. The molecule has 4 atom stereocenters. The lowest BCUT2D eigenvalue weighted by Gasteiger charge is -2.45. The first kappa shape index (κ1) is 41.5. The second-order valence-electron chi connectivity index (χ2n) is 16.2. The van der Waals surface area contributed by atoms with Crippen molar-refractivity contribution < 1.29 is 14.2 Å². The van der Waals surface area contributed by atoms with Crippen molar-refractivity contribution in [2.75, 3.05) is 0 Å². The van der Waals surface area contributed by atoms with Crippen molar-refractivity contribution in [1.29, 1.82) is 0 Å². The Morgan fingerprint density at radius 1 is 0.439 bits per heavy atom. The quantitative estimate of drug-likeness (QED) is 0.0874. The van der Waals surface area contributed by atoms with Crippen LogP contribution in [0, 0.1) is 13.8 Å². The van der Waals surface area contributed by atoms with Crippen molar-refractivity contribution >= 4 is 0 Å². The molecule has 3 heteroatoms. The van der Waals surface area contributed by atoms with E-state index in [4.69, 9.17) is 14.2 Å². The number of ether oxygens (including phenoxy) is 3. The minimum Gasteiger partial charge on any atom is -0.457 e. The van der Waals surface area contributed by atoms with Crippen LogP contribution in [0.4, 0.5) is 0 Å². The molecule has 296 valence electrons. The highest BCUT2D eigenvalue weighted by Crippen LogP contribution is 2.43. The molecule has 57 heavy (non-hydrogen) atoms. The molecule has 6 aromatic rings. The zero-order valence-electron chi connectivity index (χ0n) is 35.5. The maximum Gasteiger partial charge on any atom is 0.127 e. The fourth-order valence-corrected chi connectivity index (χ4v) is 8.25. The number of benzene rings is 6. The van der Waals surface area contributed by atoms with Crippen molar-refractivity contribution in [2.24, 2.45) is 0 Å². The van der Waals surface area contributed by atoms with Crippen LogP contribution < -0.4 is 9.47 Å². The minimum atomic E-state index is -0.291. The fraction of sp³-hybridized carbons (Fsp3) is 0.333. The van der Waals surface area contributed by atoms with E-state index in [1.165, 1.54) is 44.5 Å². The molecule has 0 fully saturated rings. The molecule has 0 aliphatic heterocycles. The third kappa shape index (κ3) is 9.89. The average Bonchev–Trinajstić information content (AvgIpc) is 3.24. The molecule has 3 nitrogen and oxygen atoms in total. The van der Waals surface area contributed by atoms with Gasteiger partial charge in [0.1, 0.15) is 23.0 Å². The van der Waals surface area contributed by atoms with Gasteiger partial charge in [0, 0.05) is 10.8 Å². The Bertz CT molecular complexity index is 2030. The lowest BCUT2D eigenvalue weighted by Crippen LogP contribution is -2.48. The van der Waals surface area contributed by atoms with Crippen molar-refractivity contribution in [2.45, 2.75) is 117 Å². The summed E-state index contributed by atoms with van der Waals surface area (Å²) in [5.41, 5.74) is 9.90. The number of hydrogen-bond acceptors (Lipinski definition) is 3. The highest BCUT2D eigenvalue weighted by atomic mass is 16.5. The van der Waals surface area contributed by atoms with Gasteiger partial charge >= 0.3 is 0 Å². The molecular weight excluding hydrogens is 697 g/mol. The first-order valence-corrected chi connectivity index (χ1v) is 21.1. The largest absolute Gasteiger partial charge is 0.457 e. The summed E-state index contributed by atoms with van der Waals surface area (Å²) >= 11 is 0. The number of hydrogen-bond donors (Lipinski definition) is 0. The van der Waals surface area contributed by atoms with Crippen LogP contribution in [0.3, 0.4) is 0 Å². The molecule has 0 saturated heterocycles. The van der Waals surface area contributed by atoms with Gasteiger partial charge in [0.15, 0.2) is 0 Å².